The second-order valence-corrected chi connectivity index (χ2v) is 4.82. The van der Waals surface area contributed by atoms with E-state index >= 15 is 0 Å². The van der Waals surface area contributed by atoms with Gasteiger partial charge in [0.15, 0.2) is 0 Å². The zero-order valence-corrected chi connectivity index (χ0v) is 12.3. The summed E-state index contributed by atoms with van der Waals surface area (Å²) in [4.78, 5) is 8.52. The van der Waals surface area contributed by atoms with Crippen LogP contribution in [-0.2, 0) is 0 Å². The van der Waals surface area contributed by atoms with E-state index in [9.17, 15) is 4.39 Å². The van der Waals surface area contributed by atoms with Gasteiger partial charge in [-0.2, -0.15) is 0 Å². The van der Waals surface area contributed by atoms with E-state index in [0.717, 1.165) is 12.4 Å². The van der Waals surface area contributed by atoms with E-state index in [0.29, 0.717) is 21.8 Å². The van der Waals surface area contributed by atoms with Crippen molar-refractivity contribution in [3.8, 4) is 0 Å². The van der Waals surface area contributed by atoms with Crippen LogP contribution in [0.2, 0.25) is 0 Å². The Balaban J connectivity index is 2.24. The summed E-state index contributed by atoms with van der Waals surface area (Å²) in [6, 6.07) is 6.62. The van der Waals surface area contributed by atoms with Gasteiger partial charge in [0.2, 0.25) is 0 Å². The monoisotopic (exact) mass is 324 g/mol. The number of hydrogen-bond acceptors (Lipinski definition) is 4. The first-order valence-electron chi connectivity index (χ1n) is 5.90. The van der Waals surface area contributed by atoms with E-state index in [1.165, 1.54) is 6.07 Å². The smallest absolute Gasteiger partial charge is 0.139 e. The standard InChI is InChI=1S/C13H14BrFN4/c1-3-16-12-7-13(18-8(2)17-12)19-9-4-5-10(14)11(15)6-9/h4-7H,3H2,1-2H3,(H2,16,17,18,19). The van der Waals surface area contributed by atoms with Gasteiger partial charge in [-0.25, -0.2) is 14.4 Å². The Morgan fingerprint density at radius 1 is 1.21 bits per heavy atom. The minimum absolute atomic E-state index is 0.317. The molecule has 2 aromatic rings. The van der Waals surface area contributed by atoms with Gasteiger partial charge in [0.05, 0.1) is 4.47 Å². The summed E-state index contributed by atoms with van der Waals surface area (Å²) in [7, 11) is 0. The quantitative estimate of drug-likeness (QED) is 0.896. The van der Waals surface area contributed by atoms with Crippen LogP contribution in [0.3, 0.4) is 0 Å². The van der Waals surface area contributed by atoms with Crippen molar-refractivity contribution in [3.05, 3.63) is 40.4 Å². The normalized spacial score (nSPS) is 10.3. The maximum atomic E-state index is 13.4. The Morgan fingerprint density at radius 3 is 2.63 bits per heavy atom. The molecule has 0 spiro atoms. The molecule has 4 nitrogen and oxygen atoms in total. The van der Waals surface area contributed by atoms with Gasteiger partial charge in [-0.3, -0.25) is 0 Å². The zero-order chi connectivity index (χ0) is 13.8. The van der Waals surface area contributed by atoms with Crippen molar-refractivity contribution in [2.24, 2.45) is 0 Å². The van der Waals surface area contributed by atoms with Crippen LogP contribution in [0.1, 0.15) is 12.7 Å². The Kier molecular flexibility index (Phi) is 4.31. The Bertz CT molecular complexity index is 589. The molecule has 2 rings (SSSR count). The van der Waals surface area contributed by atoms with Crippen LogP contribution >= 0.6 is 15.9 Å². The molecule has 0 fully saturated rings. The largest absolute Gasteiger partial charge is 0.370 e. The van der Waals surface area contributed by atoms with Crippen molar-refractivity contribution >= 4 is 33.3 Å². The number of aryl methyl sites for hydroxylation is 1. The zero-order valence-electron chi connectivity index (χ0n) is 10.7. The van der Waals surface area contributed by atoms with Crippen molar-refractivity contribution in [1.29, 1.82) is 0 Å². The second kappa shape index (κ2) is 5.97. The summed E-state index contributed by atoms with van der Waals surface area (Å²) in [5.41, 5.74) is 0.640. The molecule has 2 N–H and O–H groups in total. The van der Waals surface area contributed by atoms with Gasteiger partial charge >= 0.3 is 0 Å². The first-order chi connectivity index (χ1) is 9.08. The van der Waals surface area contributed by atoms with Gasteiger partial charge < -0.3 is 10.6 Å². The molecule has 0 atom stereocenters. The fraction of sp³-hybridized carbons (Fsp3) is 0.231. The fourth-order valence-electron chi connectivity index (χ4n) is 1.63. The number of benzene rings is 1. The van der Waals surface area contributed by atoms with Gasteiger partial charge in [0.25, 0.3) is 0 Å². The van der Waals surface area contributed by atoms with Crippen molar-refractivity contribution in [2.75, 3.05) is 17.2 Å². The number of halogens is 2. The lowest BCUT2D eigenvalue weighted by Crippen LogP contribution is -2.04. The fourth-order valence-corrected chi connectivity index (χ4v) is 1.87. The molecular formula is C13H14BrFN4. The second-order valence-electron chi connectivity index (χ2n) is 3.97. The predicted molar refractivity (Wildman–Crippen MR) is 78.3 cm³/mol. The third-order valence-corrected chi connectivity index (χ3v) is 3.03. The highest BCUT2D eigenvalue weighted by atomic mass is 79.9. The van der Waals surface area contributed by atoms with Crippen LogP contribution < -0.4 is 10.6 Å². The first kappa shape index (κ1) is 13.7. The molecule has 0 amide bonds. The summed E-state index contributed by atoms with van der Waals surface area (Å²) in [6.07, 6.45) is 0. The maximum absolute atomic E-state index is 13.4. The van der Waals surface area contributed by atoms with Crippen LogP contribution in [-0.4, -0.2) is 16.5 Å². The summed E-state index contributed by atoms with van der Waals surface area (Å²) in [5, 5.41) is 6.18. The summed E-state index contributed by atoms with van der Waals surface area (Å²) >= 11 is 3.12. The molecule has 0 aliphatic carbocycles. The third-order valence-electron chi connectivity index (χ3n) is 2.39. The minimum atomic E-state index is -0.317. The number of rotatable bonds is 4. The predicted octanol–water partition coefficient (Wildman–Crippen LogP) is 3.86. The van der Waals surface area contributed by atoms with Gasteiger partial charge in [-0.05, 0) is 48.0 Å². The van der Waals surface area contributed by atoms with Crippen LogP contribution in [0.25, 0.3) is 0 Å². The lowest BCUT2D eigenvalue weighted by atomic mass is 10.3. The van der Waals surface area contributed by atoms with Gasteiger partial charge in [0.1, 0.15) is 23.3 Å². The molecule has 6 heteroatoms. The maximum Gasteiger partial charge on any atom is 0.139 e. The number of aromatic nitrogens is 2. The molecule has 0 saturated heterocycles. The number of anilines is 3. The van der Waals surface area contributed by atoms with E-state index in [4.69, 9.17) is 0 Å². The number of nitrogens with zero attached hydrogens (tertiary/aromatic N) is 2. The molecule has 0 bridgehead atoms. The summed E-state index contributed by atoms with van der Waals surface area (Å²) in [6.45, 7) is 4.59. The SMILES string of the molecule is CCNc1cc(Nc2ccc(Br)c(F)c2)nc(C)n1. The molecule has 0 aliphatic rings. The molecule has 0 unspecified atom stereocenters. The van der Waals surface area contributed by atoms with Crippen molar-refractivity contribution in [3.63, 3.8) is 0 Å². The summed E-state index contributed by atoms with van der Waals surface area (Å²) in [5.74, 6) is 1.71. The molecule has 1 aromatic heterocycles. The molecule has 1 aromatic carbocycles. The minimum Gasteiger partial charge on any atom is -0.370 e. The van der Waals surface area contributed by atoms with E-state index < -0.39 is 0 Å². The highest BCUT2D eigenvalue weighted by molar-refractivity contribution is 9.10. The third kappa shape index (κ3) is 3.64. The first-order valence-corrected chi connectivity index (χ1v) is 6.69. The van der Waals surface area contributed by atoms with Crippen LogP contribution in [0.4, 0.5) is 21.7 Å². The molecule has 0 radical (unpaired) electrons. The topological polar surface area (TPSA) is 49.8 Å². The van der Waals surface area contributed by atoms with E-state index in [1.807, 2.05) is 13.8 Å². The lowest BCUT2D eigenvalue weighted by molar-refractivity contribution is 0.622. The molecular weight excluding hydrogens is 311 g/mol. The molecule has 100 valence electrons. The highest BCUT2D eigenvalue weighted by Crippen LogP contribution is 2.22. The van der Waals surface area contributed by atoms with Crippen LogP contribution in [0, 0.1) is 12.7 Å². The summed E-state index contributed by atoms with van der Waals surface area (Å²) < 4.78 is 13.9. The number of hydrogen-bond donors (Lipinski definition) is 2. The van der Waals surface area contributed by atoms with E-state index in [-0.39, 0.29) is 5.82 Å². The molecule has 19 heavy (non-hydrogen) atoms. The average molecular weight is 325 g/mol. The number of nitrogens with one attached hydrogen (secondary N) is 2. The van der Waals surface area contributed by atoms with Crippen LogP contribution in [0.15, 0.2) is 28.7 Å². The molecule has 0 saturated carbocycles. The van der Waals surface area contributed by atoms with Gasteiger partial charge in [-0.15, -0.1) is 0 Å². The lowest BCUT2D eigenvalue weighted by Gasteiger charge is -2.09. The van der Waals surface area contributed by atoms with Gasteiger partial charge in [0, 0.05) is 18.3 Å². The van der Waals surface area contributed by atoms with Crippen molar-refractivity contribution < 1.29 is 4.39 Å². The van der Waals surface area contributed by atoms with Crippen molar-refractivity contribution in [2.45, 2.75) is 13.8 Å². The molecule has 1 heterocycles. The Morgan fingerprint density at radius 2 is 1.95 bits per heavy atom. The van der Waals surface area contributed by atoms with Crippen molar-refractivity contribution in [1.82, 2.24) is 9.97 Å². The van der Waals surface area contributed by atoms with E-state index in [1.54, 1.807) is 18.2 Å². The Labute approximate surface area is 119 Å². The van der Waals surface area contributed by atoms with Gasteiger partial charge in [-0.1, -0.05) is 0 Å². The highest BCUT2D eigenvalue weighted by Gasteiger charge is 2.04. The Hall–Kier alpha value is -1.69. The molecule has 0 aliphatic heterocycles. The van der Waals surface area contributed by atoms with E-state index in [2.05, 4.69) is 36.5 Å². The van der Waals surface area contributed by atoms with Crippen LogP contribution in [0.5, 0.6) is 0 Å². The average Bonchev–Trinajstić information content (AvgIpc) is 2.33.